The zero-order valence-corrected chi connectivity index (χ0v) is 8.66. The Morgan fingerprint density at radius 3 is 3.00 bits per heavy atom. The number of nitrogens with zero attached hydrogens (tertiary/aromatic N) is 2. The molecule has 5 nitrogen and oxygen atoms in total. The first-order valence-electron chi connectivity index (χ1n) is 4.96. The van der Waals surface area contributed by atoms with E-state index in [4.69, 9.17) is 0 Å². The van der Waals surface area contributed by atoms with Crippen LogP contribution >= 0.6 is 0 Å². The third-order valence-corrected chi connectivity index (χ3v) is 2.31. The average molecular weight is 204 g/mol. The largest absolute Gasteiger partial charge is 0.301 e. The quantitative estimate of drug-likeness (QED) is 0.512. The molecule has 1 saturated heterocycles. The number of rotatable bonds is 1. The van der Waals surface area contributed by atoms with Crippen molar-refractivity contribution in [3.05, 3.63) is 23.9 Å². The molecule has 2 rings (SSSR count). The van der Waals surface area contributed by atoms with Crippen LogP contribution in [0, 0.1) is 0 Å². The molecule has 2 N–H and O–H groups in total. The Hall–Kier alpha value is -1.40. The summed E-state index contributed by atoms with van der Waals surface area (Å²) in [4.78, 5) is 16.0. The van der Waals surface area contributed by atoms with Crippen molar-refractivity contribution >= 4 is 19.3 Å². The molecule has 1 aromatic heterocycles. The summed E-state index contributed by atoms with van der Waals surface area (Å²) in [6, 6.07) is 3.64. The molecule has 0 atom stereocenters. The number of aromatic nitrogens is 1. The molecule has 78 valence electrons. The van der Waals surface area contributed by atoms with Crippen molar-refractivity contribution in [1.29, 1.82) is 0 Å². The number of hydrazine groups is 1. The summed E-state index contributed by atoms with van der Waals surface area (Å²) >= 11 is 0. The van der Waals surface area contributed by atoms with Gasteiger partial charge in [0.25, 0.3) is 5.91 Å². The number of pyridine rings is 1. The predicted octanol–water partition coefficient (Wildman–Crippen LogP) is -2.15. The standard InChI is InChI=1S/C9H13BN4O/c10-8-2-1-7(5-12-8)9(15)14-4-3-11-6-13-14/h1-2,5,11,13H,3-4,6,10H2. The number of hydrogen-bond donors (Lipinski definition) is 2. The summed E-state index contributed by atoms with van der Waals surface area (Å²) in [6.07, 6.45) is 1.61. The molecule has 6 heteroatoms. The van der Waals surface area contributed by atoms with Gasteiger partial charge in [-0.05, 0) is 11.7 Å². The lowest BCUT2D eigenvalue weighted by atomic mass is 10.0. The molecule has 0 unspecified atom stereocenters. The van der Waals surface area contributed by atoms with E-state index in [0.29, 0.717) is 18.8 Å². The van der Waals surface area contributed by atoms with E-state index in [2.05, 4.69) is 15.7 Å². The molecule has 0 saturated carbocycles. The summed E-state index contributed by atoms with van der Waals surface area (Å²) in [5, 5.41) is 4.72. The molecule has 15 heavy (non-hydrogen) atoms. The fourth-order valence-electron chi connectivity index (χ4n) is 1.43. The van der Waals surface area contributed by atoms with Gasteiger partial charge < -0.3 is 5.32 Å². The van der Waals surface area contributed by atoms with Gasteiger partial charge >= 0.3 is 0 Å². The maximum Gasteiger partial charge on any atom is 0.269 e. The van der Waals surface area contributed by atoms with Crippen LogP contribution in [0.3, 0.4) is 0 Å². The van der Waals surface area contributed by atoms with Gasteiger partial charge in [0.05, 0.1) is 18.8 Å². The van der Waals surface area contributed by atoms with E-state index in [-0.39, 0.29) is 5.91 Å². The molecule has 0 bridgehead atoms. The van der Waals surface area contributed by atoms with E-state index in [1.807, 2.05) is 13.9 Å². The molecular formula is C9H13BN4O. The second-order valence-electron chi connectivity index (χ2n) is 3.48. The van der Waals surface area contributed by atoms with Crippen molar-refractivity contribution in [1.82, 2.24) is 20.7 Å². The zero-order valence-electron chi connectivity index (χ0n) is 8.66. The van der Waals surface area contributed by atoms with Crippen molar-refractivity contribution in [2.45, 2.75) is 0 Å². The van der Waals surface area contributed by atoms with Gasteiger partial charge in [-0.2, -0.15) is 0 Å². The van der Waals surface area contributed by atoms with Crippen LogP contribution in [0.15, 0.2) is 18.3 Å². The normalized spacial score (nSPS) is 16.4. The van der Waals surface area contributed by atoms with E-state index in [1.165, 1.54) is 0 Å². The molecule has 0 spiro atoms. The van der Waals surface area contributed by atoms with E-state index < -0.39 is 0 Å². The van der Waals surface area contributed by atoms with Gasteiger partial charge in [-0.1, -0.05) is 6.07 Å². The van der Waals surface area contributed by atoms with Crippen molar-refractivity contribution in [3.63, 3.8) is 0 Å². The number of carbonyl (C=O) groups is 1. The Balaban J connectivity index is 2.09. The fraction of sp³-hybridized carbons (Fsp3) is 0.333. The number of hydrogen-bond acceptors (Lipinski definition) is 4. The topological polar surface area (TPSA) is 57.3 Å². The maximum atomic E-state index is 11.9. The van der Waals surface area contributed by atoms with Crippen LogP contribution in [-0.2, 0) is 0 Å². The van der Waals surface area contributed by atoms with E-state index >= 15 is 0 Å². The number of nitrogens with one attached hydrogen (secondary N) is 2. The molecule has 1 amide bonds. The lowest BCUT2D eigenvalue weighted by molar-refractivity contribution is 0.0607. The highest BCUT2D eigenvalue weighted by Crippen LogP contribution is 2.00. The molecule has 2 heterocycles. The van der Waals surface area contributed by atoms with Gasteiger partial charge in [0.15, 0.2) is 7.85 Å². The van der Waals surface area contributed by atoms with Crippen LogP contribution in [-0.4, -0.2) is 43.5 Å². The van der Waals surface area contributed by atoms with Crippen molar-refractivity contribution in [3.8, 4) is 0 Å². The van der Waals surface area contributed by atoms with Gasteiger partial charge in [0.2, 0.25) is 0 Å². The highest BCUT2D eigenvalue weighted by molar-refractivity contribution is 6.30. The summed E-state index contributed by atoms with van der Waals surface area (Å²) in [6.45, 7) is 2.12. The summed E-state index contributed by atoms with van der Waals surface area (Å²) in [5.41, 5.74) is 4.51. The van der Waals surface area contributed by atoms with Crippen LogP contribution in [0.4, 0.5) is 0 Å². The zero-order chi connectivity index (χ0) is 10.7. The van der Waals surface area contributed by atoms with Crippen LogP contribution in [0.5, 0.6) is 0 Å². The Kier molecular flexibility index (Phi) is 2.98. The minimum atomic E-state index is -0.0241. The third-order valence-electron chi connectivity index (χ3n) is 2.31. The molecule has 1 aliphatic rings. The lowest BCUT2D eigenvalue weighted by Crippen LogP contribution is -2.54. The molecule has 0 aromatic carbocycles. The fourth-order valence-corrected chi connectivity index (χ4v) is 1.43. The van der Waals surface area contributed by atoms with Gasteiger partial charge in [-0.3, -0.25) is 14.8 Å². The highest BCUT2D eigenvalue weighted by atomic mass is 16.2. The Bertz CT molecular complexity index is 348. The minimum Gasteiger partial charge on any atom is -0.301 e. The third kappa shape index (κ3) is 2.34. The first kappa shape index (κ1) is 10.1. The number of amides is 1. The Morgan fingerprint density at radius 2 is 2.40 bits per heavy atom. The predicted molar refractivity (Wildman–Crippen MR) is 59.5 cm³/mol. The average Bonchev–Trinajstić information content (AvgIpc) is 2.30. The van der Waals surface area contributed by atoms with Gasteiger partial charge in [-0.25, -0.2) is 5.43 Å². The minimum absolute atomic E-state index is 0.0241. The SMILES string of the molecule is Bc1ccc(C(=O)N2CCNCN2)cn1. The molecule has 1 aromatic rings. The number of carbonyl (C=O) groups excluding carboxylic acids is 1. The van der Waals surface area contributed by atoms with Crippen molar-refractivity contribution in [2.75, 3.05) is 19.8 Å². The van der Waals surface area contributed by atoms with Crippen LogP contribution in [0.2, 0.25) is 0 Å². The molecule has 0 radical (unpaired) electrons. The summed E-state index contributed by atoms with van der Waals surface area (Å²) in [7, 11) is 1.90. The van der Waals surface area contributed by atoms with Gasteiger partial charge in [-0.15, -0.1) is 0 Å². The lowest BCUT2D eigenvalue weighted by Gasteiger charge is -2.28. The first-order chi connectivity index (χ1) is 7.27. The molecule has 1 aliphatic heterocycles. The van der Waals surface area contributed by atoms with Crippen molar-refractivity contribution in [2.24, 2.45) is 0 Å². The Labute approximate surface area is 89.2 Å². The van der Waals surface area contributed by atoms with Crippen LogP contribution < -0.4 is 16.3 Å². The maximum absolute atomic E-state index is 11.9. The summed E-state index contributed by atoms with van der Waals surface area (Å²) in [5.74, 6) is -0.0241. The van der Waals surface area contributed by atoms with Gasteiger partial charge in [0, 0.05) is 12.7 Å². The second kappa shape index (κ2) is 4.42. The molecular weight excluding hydrogens is 191 g/mol. The van der Waals surface area contributed by atoms with Crippen LogP contribution in [0.25, 0.3) is 0 Å². The van der Waals surface area contributed by atoms with Crippen molar-refractivity contribution < 1.29 is 4.79 Å². The second-order valence-corrected chi connectivity index (χ2v) is 3.48. The highest BCUT2D eigenvalue weighted by Gasteiger charge is 2.17. The smallest absolute Gasteiger partial charge is 0.269 e. The molecule has 0 aliphatic carbocycles. The summed E-state index contributed by atoms with van der Waals surface area (Å²) < 4.78 is 0. The first-order valence-corrected chi connectivity index (χ1v) is 4.96. The van der Waals surface area contributed by atoms with Gasteiger partial charge in [0.1, 0.15) is 0 Å². The van der Waals surface area contributed by atoms with E-state index in [0.717, 1.165) is 12.1 Å². The molecule has 1 fully saturated rings. The monoisotopic (exact) mass is 204 g/mol. The van der Waals surface area contributed by atoms with E-state index in [9.17, 15) is 4.79 Å². The van der Waals surface area contributed by atoms with Crippen LogP contribution in [0.1, 0.15) is 10.4 Å². The Morgan fingerprint density at radius 1 is 1.53 bits per heavy atom. The van der Waals surface area contributed by atoms with E-state index in [1.54, 1.807) is 17.3 Å².